The summed E-state index contributed by atoms with van der Waals surface area (Å²) in [6.07, 6.45) is 15.9. The molecule has 1 amide bonds. The molecule has 5 aliphatic rings. The lowest BCUT2D eigenvalue weighted by atomic mass is 9.37. The van der Waals surface area contributed by atoms with Gasteiger partial charge in [-0.25, -0.2) is 5.01 Å². The van der Waals surface area contributed by atoms with Crippen LogP contribution in [-0.2, 0) is 4.79 Å². The van der Waals surface area contributed by atoms with Crippen molar-refractivity contribution < 1.29 is 4.79 Å². The second-order valence-corrected chi connectivity index (χ2v) is 10.5. The Kier molecular flexibility index (Phi) is 5.98. The Morgan fingerprint density at radius 3 is 2.62 bits per heavy atom. The number of rotatable bonds is 7. The Labute approximate surface area is 180 Å². The first-order valence-corrected chi connectivity index (χ1v) is 11.8. The van der Waals surface area contributed by atoms with E-state index >= 15 is 0 Å². The standard InChI is InChI=1S/C24H36ClN3O/c1-3-4-5-6-19(2)23-14-20-13-22(16-23,7-8-25)17-24(15-20,18-23)21(29)27-28-11-9-26-10-12-28/h3-6,20,26H,2,7-18H2,1H3,(H,27,29)/b4-3-,6-5-/t20?,22-,23-,24?/m1/s1. The van der Waals surface area contributed by atoms with Crippen LogP contribution in [-0.4, -0.2) is 43.0 Å². The maximum absolute atomic E-state index is 13.7. The number of carbonyl (C=O) groups is 1. The normalized spacial score (nSPS) is 39.4. The molecular weight excluding hydrogens is 382 g/mol. The number of nitrogens with zero attached hydrogens (tertiary/aromatic N) is 1. The Morgan fingerprint density at radius 1 is 1.17 bits per heavy atom. The van der Waals surface area contributed by atoms with E-state index in [1.54, 1.807) is 0 Å². The SMILES string of the molecule is C=C(/C=C\C=C/C)[C@]12CC3CC(C(=O)NN4CCNCC4)(C[C@](CCCl)(C3)C1)C2. The maximum Gasteiger partial charge on any atom is 0.240 e. The quantitative estimate of drug-likeness (QED) is 0.482. The van der Waals surface area contributed by atoms with E-state index in [2.05, 4.69) is 40.6 Å². The van der Waals surface area contributed by atoms with Crippen LogP contribution >= 0.6 is 11.6 Å². The van der Waals surface area contributed by atoms with Gasteiger partial charge in [0.1, 0.15) is 0 Å². The predicted octanol–water partition coefficient (Wildman–Crippen LogP) is 4.20. The van der Waals surface area contributed by atoms with Gasteiger partial charge in [0.15, 0.2) is 0 Å². The topological polar surface area (TPSA) is 44.4 Å². The summed E-state index contributed by atoms with van der Waals surface area (Å²) in [4.78, 5) is 13.7. The average molecular weight is 418 g/mol. The predicted molar refractivity (Wildman–Crippen MR) is 120 cm³/mol. The van der Waals surface area contributed by atoms with Crippen molar-refractivity contribution in [3.8, 4) is 0 Å². The van der Waals surface area contributed by atoms with E-state index in [1.165, 1.54) is 18.4 Å². The third kappa shape index (κ3) is 3.96. The number of halogens is 1. The first-order chi connectivity index (χ1) is 13.9. The lowest BCUT2D eigenvalue weighted by Gasteiger charge is -2.66. The molecule has 0 aromatic carbocycles. The molecule has 4 nitrogen and oxygen atoms in total. The molecule has 1 saturated heterocycles. The minimum absolute atomic E-state index is 0.0460. The van der Waals surface area contributed by atoms with Gasteiger partial charge < -0.3 is 5.32 Å². The van der Waals surface area contributed by atoms with Gasteiger partial charge in [0, 0.05) is 32.1 Å². The number of hydrazine groups is 1. The second kappa shape index (κ2) is 8.20. The van der Waals surface area contributed by atoms with Gasteiger partial charge in [-0.3, -0.25) is 10.2 Å². The first kappa shape index (κ1) is 21.1. The van der Waals surface area contributed by atoms with Crippen LogP contribution in [0.2, 0.25) is 0 Å². The molecule has 0 aromatic rings. The van der Waals surface area contributed by atoms with Gasteiger partial charge in [-0.15, -0.1) is 11.6 Å². The number of alkyl halides is 1. The fourth-order valence-corrected chi connectivity index (χ4v) is 7.63. The molecule has 4 bridgehead atoms. The fourth-order valence-electron chi connectivity index (χ4n) is 7.23. The largest absolute Gasteiger partial charge is 0.314 e. The zero-order chi connectivity index (χ0) is 20.5. The first-order valence-electron chi connectivity index (χ1n) is 11.3. The van der Waals surface area contributed by atoms with E-state index in [4.69, 9.17) is 11.6 Å². The minimum Gasteiger partial charge on any atom is -0.314 e. The highest BCUT2D eigenvalue weighted by Crippen LogP contribution is 2.72. The maximum atomic E-state index is 13.7. The molecule has 4 aliphatic carbocycles. The summed E-state index contributed by atoms with van der Waals surface area (Å²) in [6.45, 7) is 10.2. The van der Waals surface area contributed by atoms with E-state index in [0.717, 1.165) is 58.3 Å². The van der Waals surface area contributed by atoms with Crippen molar-refractivity contribution in [3.63, 3.8) is 0 Å². The number of amides is 1. The van der Waals surface area contributed by atoms with Gasteiger partial charge in [0.2, 0.25) is 5.91 Å². The van der Waals surface area contributed by atoms with E-state index < -0.39 is 0 Å². The lowest BCUT2D eigenvalue weighted by molar-refractivity contribution is -0.174. The van der Waals surface area contributed by atoms with Gasteiger partial charge in [-0.05, 0) is 74.2 Å². The van der Waals surface area contributed by atoms with Crippen LogP contribution in [0.4, 0.5) is 0 Å². The van der Waals surface area contributed by atoms with Gasteiger partial charge in [0.05, 0.1) is 5.41 Å². The van der Waals surface area contributed by atoms with E-state index in [1.807, 2.05) is 13.0 Å². The molecule has 0 aromatic heterocycles. The van der Waals surface area contributed by atoms with Crippen LogP contribution < -0.4 is 10.7 Å². The number of carbonyl (C=O) groups excluding carboxylic acids is 1. The second-order valence-electron chi connectivity index (χ2n) is 10.1. The smallest absolute Gasteiger partial charge is 0.240 e. The van der Waals surface area contributed by atoms with Crippen molar-refractivity contribution in [1.29, 1.82) is 0 Å². The molecule has 160 valence electrons. The van der Waals surface area contributed by atoms with Crippen LogP contribution in [0.15, 0.2) is 36.5 Å². The molecular formula is C24H36ClN3O. The van der Waals surface area contributed by atoms with E-state index in [-0.39, 0.29) is 22.2 Å². The van der Waals surface area contributed by atoms with Gasteiger partial charge in [0.25, 0.3) is 0 Å². The van der Waals surface area contributed by atoms with Crippen molar-refractivity contribution in [2.75, 3.05) is 32.1 Å². The monoisotopic (exact) mass is 417 g/mol. The van der Waals surface area contributed by atoms with Crippen molar-refractivity contribution in [1.82, 2.24) is 15.8 Å². The highest BCUT2D eigenvalue weighted by molar-refractivity contribution is 6.17. The highest BCUT2D eigenvalue weighted by atomic mass is 35.5. The number of hydrogen-bond donors (Lipinski definition) is 2. The summed E-state index contributed by atoms with van der Waals surface area (Å²) < 4.78 is 0. The molecule has 1 aliphatic heterocycles. The zero-order valence-electron chi connectivity index (χ0n) is 17.8. The average Bonchev–Trinajstić information content (AvgIpc) is 2.68. The summed E-state index contributed by atoms with van der Waals surface area (Å²) in [6, 6.07) is 0. The van der Waals surface area contributed by atoms with Crippen molar-refractivity contribution in [3.05, 3.63) is 36.5 Å². The van der Waals surface area contributed by atoms with Gasteiger partial charge in [-0.1, -0.05) is 30.9 Å². The lowest BCUT2D eigenvalue weighted by Crippen LogP contribution is -2.64. The summed E-state index contributed by atoms with van der Waals surface area (Å²) >= 11 is 6.28. The summed E-state index contributed by atoms with van der Waals surface area (Å²) in [7, 11) is 0. The summed E-state index contributed by atoms with van der Waals surface area (Å²) in [5.74, 6) is 1.53. The Hall–Kier alpha value is -1.10. The number of hydrogen-bond acceptors (Lipinski definition) is 3. The van der Waals surface area contributed by atoms with Crippen molar-refractivity contribution >= 4 is 17.5 Å². The molecule has 5 fully saturated rings. The molecule has 0 spiro atoms. The van der Waals surface area contributed by atoms with Crippen LogP contribution in [0.25, 0.3) is 0 Å². The molecule has 5 rings (SSSR count). The molecule has 1 heterocycles. The van der Waals surface area contributed by atoms with E-state index in [9.17, 15) is 4.79 Å². The Bertz CT molecular complexity index is 713. The van der Waals surface area contributed by atoms with Gasteiger partial charge in [-0.2, -0.15) is 0 Å². The van der Waals surface area contributed by atoms with Crippen LogP contribution in [0.3, 0.4) is 0 Å². The van der Waals surface area contributed by atoms with Gasteiger partial charge >= 0.3 is 0 Å². The van der Waals surface area contributed by atoms with Crippen LogP contribution in [0.1, 0.15) is 51.9 Å². The van der Waals surface area contributed by atoms with Crippen LogP contribution in [0, 0.1) is 22.2 Å². The minimum atomic E-state index is -0.270. The van der Waals surface area contributed by atoms with Crippen molar-refractivity contribution in [2.24, 2.45) is 22.2 Å². The molecule has 2 unspecified atom stereocenters. The number of allylic oxidation sites excluding steroid dienone is 5. The molecule has 4 atom stereocenters. The Morgan fingerprint density at radius 2 is 1.90 bits per heavy atom. The van der Waals surface area contributed by atoms with E-state index in [0.29, 0.717) is 11.8 Å². The molecule has 29 heavy (non-hydrogen) atoms. The highest BCUT2D eigenvalue weighted by Gasteiger charge is 2.65. The number of piperazine rings is 1. The third-order valence-electron chi connectivity index (χ3n) is 7.95. The number of nitrogens with one attached hydrogen (secondary N) is 2. The summed E-state index contributed by atoms with van der Waals surface area (Å²) in [5, 5.41) is 5.47. The molecule has 5 heteroatoms. The summed E-state index contributed by atoms with van der Waals surface area (Å²) in [5.41, 5.74) is 4.48. The molecule has 4 saturated carbocycles. The third-order valence-corrected chi connectivity index (χ3v) is 8.14. The van der Waals surface area contributed by atoms with Crippen LogP contribution in [0.5, 0.6) is 0 Å². The van der Waals surface area contributed by atoms with Crippen molar-refractivity contribution in [2.45, 2.75) is 51.9 Å². The Balaban J connectivity index is 1.62. The molecule has 2 N–H and O–H groups in total. The molecule has 0 radical (unpaired) electrons. The fraction of sp³-hybridized carbons (Fsp3) is 0.708. The zero-order valence-corrected chi connectivity index (χ0v) is 18.6.